The van der Waals surface area contributed by atoms with Gasteiger partial charge in [0.2, 0.25) is 23.6 Å². The van der Waals surface area contributed by atoms with Crippen LogP contribution in [-0.4, -0.2) is 50.7 Å². The number of ether oxygens (including phenoxy) is 1. The van der Waals surface area contributed by atoms with Crippen molar-refractivity contribution in [3.63, 3.8) is 0 Å². The number of fused-ring (bicyclic) bond motifs is 5. The van der Waals surface area contributed by atoms with E-state index in [4.69, 9.17) is 16.7 Å². The molecule has 0 radical (unpaired) electrons. The van der Waals surface area contributed by atoms with Gasteiger partial charge in [0.05, 0.1) is 33.7 Å². The number of halogens is 4. The summed E-state index contributed by atoms with van der Waals surface area (Å²) in [4.78, 5) is 73.4. The minimum atomic E-state index is -5.08. The van der Waals surface area contributed by atoms with Gasteiger partial charge in [-0.1, -0.05) is 23.3 Å². The number of carbonyl (C=O) groups is 5. The van der Waals surface area contributed by atoms with Crippen molar-refractivity contribution in [2.24, 2.45) is 36.1 Å². The van der Waals surface area contributed by atoms with Gasteiger partial charge in [-0.3, -0.25) is 33.6 Å². The van der Waals surface area contributed by atoms with Gasteiger partial charge >= 0.3 is 6.36 Å². The summed E-state index contributed by atoms with van der Waals surface area (Å²) in [5, 5.41) is 17.6. The Balaban J connectivity index is 1.16. The molecule has 2 aliphatic heterocycles. The van der Waals surface area contributed by atoms with Gasteiger partial charge in [-0.25, -0.2) is 4.90 Å². The third kappa shape index (κ3) is 5.83. The number of phenols is 1. The van der Waals surface area contributed by atoms with Gasteiger partial charge in [-0.05, 0) is 111 Å². The molecule has 59 heavy (non-hydrogen) atoms. The molecule has 4 amide bonds. The van der Waals surface area contributed by atoms with E-state index in [1.807, 2.05) is 19.1 Å². The van der Waals surface area contributed by atoms with Crippen molar-refractivity contribution in [3.8, 4) is 22.1 Å². The van der Waals surface area contributed by atoms with Crippen LogP contribution in [0.25, 0.3) is 20.7 Å². The van der Waals surface area contributed by atoms with Gasteiger partial charge in [0.1, 0.15) is 23.0 Å². The highest BCUT2D eigenvalue weighted by Gasteiger charge is 2.68. The molecule has 5 aromatic rings. The Labute approximate surface area is 343 Å². The molecule has 1 saturated carbocycles. The minimum absolute atomic E-state index is 0.0440. The molecule has 0 bridgehead atoms. The Morgan fingerprint density at radius 2 is 1.69 bits per heavy atom. The van der Waals surface area contributed by atoms with Crippen LogP contribution in [0.4, 0.5) is 24.7 Å². The van der Waals surface area contributed by atoms with Crippen LogP contribution in [0.1, 0.15) is 54.1 Å². The maximum absolute atomic E-state index is 15.1. The quantitative estimate of drug-likeness (QED) is 0.102. The number of nitrogens with zero attached hydrogens (tertiary/aromatic N) is 4. The Kier molecular flexibility index (Phi) is 8.76. The van der Waals surface area contributed by atoms with Crippen molar-refractivity contribution >= 4 is 73.9 Å². The van der Waals surface area contributed by atoms with Gasteiger partial charge in [-0.15, -0.1) is 24.5 Å². The van der Waals surface area contributed by atoms with E-state index < -0.39 is 76.5 Å². The molecule has 11 nitrogen and oxygen atoms in total. The van der Waals surface area contributed by atoms with E-state index in [1.165, 1.54) is 47.2 Å². The normalized spacial score (nSPS) is 25.4. The maximum atomic E-state index is 15.1. The Morgan fingerprint density at radius 3 is 2.39 bits per heavy atom. The number of imide groups is 2. The van der Waals surface area contributed by atoms with E-state index in [0.717, 1.165) is 48.5 Å². The van der Waals surface area contributed by atoms with E-state index >= 15 is 4.79 Å². The molecule has 1 N–H and O–H groups in total. The van der Waals surface area contributed by atoms with Crippen LogP contribution >= 0.6 is 22.9 Å². The summed E-state index contributed by atoms with van der Waals surface area (Å²) >= 11 is 7.76. The van der Waals surface area contributed by atoms with Gasteiger partial charge in [0.25, 0.3) is 0 Å². The van der Waals surface area contributed by atoms with Crippen molar-refractivity contribution in [1.82, 2.24) is 9.78 Å². The monoisotopic (exact) mass is 842 g/mol. The lowest BCUT2D eigenvalue weighted by Gasteiger charge is -2.49. The van der Waals surface area contributed by atoms with Crippen molar-refractivity contribution in [3.05, 3.63) is 100 Å². The molecule has 2 aliphatic carbocycles. The van der Waals surface area contributed by atoms with Crippen LogP contribution < -0.4 is 14.5 Å². The number of carbonyl (C=O) groups excluding carboxylic acids is 5. The molecule has 2 aromatic heterocycles. The third-order valence-electron chi connectivity index (χ3n) is 12.6. The molecule has 4 heterocycles. The number of phenolic OH excluding ortho intramolecular Hbond substituents is 1. The van der Waals surface area contributed by atoms with E-state index in [0.29, 0.717) is 21.9 Å². The minimum Gasteiger partial charge on any atom is -0.508 e. The number of thiophene rings is 1. The number of aromatic nitrogens is 2. The number of aromatic hydroxyl groups is 1. The number of benzene rings is 3. The highest BCUT2D eigenvalue weighted by molar-refractivity contribution is 7.22. The van der Waals surface area contributed by atoms with E-state index in [2.05, 4.69) is 4.74 Å². The van der Waals surface area contributed by atoms with Crippen molar-refractivity contribution < 1.29 is 47.0 Å². The van der Waals surface area contributed by atoms with E-state index in [1.54, 1.807) is 32.2 Å². The SMILES string of the molecule is CC(=O)c1ccc(N2C(=O)C3CC=C4C(CC5C(=O)N(c6cc(-c7sc8ccc(Cl)cc8c7C)nn6C)C(=O)C5(C)C4c4cc(OC(F)(F)F)ccc4O)C3C2=O)cc1. The summed E-state index contributed by atoms with van der Waals surface area (Å²) in [5.74, 6) is -8.49. The van der Waals surface area contributed by atoms with Crippen LogP contribution in [0.3, 0.4) is 0 Å². The maximum Gasteiger partial charge on any atom is 0.573 e. The van der Waals surface area contributed by atoms with Gasteiger partial charge in [-0.2, -0.15) is 5.10 Å². The fraction of sp³-hybridized carbons (Fsp3) is 0.302. The first-order valence-corrected chi connectivity index (χ1v) is 20.0. The number of hydrogen-bond donors (Lipinski definition) is 1. The van der Waals surface area contributed by atoms with Crippen LogP contribution in [-0.2, 0) is 26.2 Å². The molecule has 9 rings (SSSR count). The molecule has 6 atom stereocenters. The predicted molar refractivity (Wildman–Crippen MR) is 212 cm³/mol. The fourth-order valence-electron chi connectivity index (χ4n) is 9.85. The number of allylic oxidation sites excluding steroid dienone is 2. The number of amides is 4. The van der Waals surface area contributed by atoms with Crippen LogP contribution in [0.2, 0.25) is 5.02 Å². The topological polar surface area (TPSA) is 139 Å². The largest absolute Gasteiger partial charge is 0.573 e. The zero-order chi connectivity index (χ0) is 42.0. The number of Topliss-reactive ketones (excluding diaryl/α,β-unsaturated/α-hetero) is 1. The first-order chi connectivity index (χ1) is 27.9. The average molecular weight is 843 g/mol. The van der Waals surface area contributed by atoms with Crippen LogP contribution in [0, 0.1) is 36.0 Å². The Morgan fingerprint density at radius 1 is 0.966 bits per heavy atom. The molecule has 2 saturated heterocycles. The van der Waals surface area contributed by atoms with Gasteiger partial charge in [0.15, 0.2) is 5.78 Å². The highest BCUT2D eigenvalue weighted by Crippen LogP contribution is 2.65. The molecule has 16 heteroatoms. The molecule has 0 spiro atoms. The Hall–Kier alpha value is -5.80. The highest BCUT2D eigenvalue weighted by atomic mass is 35.5. The molecule has 4 aliphatic rings. The first kappa shape index (κ1) is 38.7. The number of aryl methyl sites for hydroxylation is 2. The summed E-state index contributed by atoms with van der Waals surface area (Å²) in [5.41, 5.74) is 0.702. The molecule has 6 unspecified atom stereocenters. The number of ketones is 1. The summed E-state index contributed by atoms with van der Waals surface area (Å²) in [6.07, 6.45) is -3.35. The number of alkyl halides is 3. The van der Waals surface area contributed by atoms with Crippen molar-refractivity contribution in [2.75, 3.05) is 9.80 Å². The fourth-order valence-corrected chi connectivity index (χ4v) is 11.2. The Bertz CT molecular complexity index is 2720. The number of hydrogen-bond acceptors (Lipinski definition) is 9. The lowest BCUT2D eigenvalue weighted by atomic mass is 9.51. The van der Waals surface area contributed by atoms with Gasteiger partial charge in [0, 0.05) is 39.9 Å². The second-order valence-corrected chi connectivity index (χ2v) is 17.2. The summed E-state index contributed by atoms with van der Waals surface area (Å²) in [6.45, 7) is 4.88. The lowest BCUT2D eigenvalue weighted by Crippen LogP contribution is -2.49. The first-order valence-electron chi connectivity index (χ1n) is 18.8. The summed E-state index contributed by atoms with van der Waals surface area (Å²) in [7, 11) is 1.59. The van der Waals surface area contributed by atoms with Crippen molar-refractivity contribution in [2.45, 2.75) is 45.9 Å². The van der Waals surface area contributed by atoms with Gasteiger partial charge < -0.3 is 9.84 Å². The van der Waals surface area contributed by atoms with E-state index in [-0.39, 0.29) is 35.7 Å². The van der Waals surface area contributed by atoms with Crippen LogP contribution in [0.15, 0.2) is 78.4 Å². The molecule has 3 fully saturated rings. The number of anilines is 2. The molecule has 302 valence electrons. The van der Waals surface area contributed by atoms with Crippen LogP contribution in [0.5, 0.6) is 11.5 Å². The number of rotatable bonds is 6. The predicted octanol–water partition coefficient (Wildman–Crippen LogP) is 8.51. The standard InChI is InChI=1S/C43H34ClF3N4O7S/c1-19-27-15-22(44)7-14-33(27)59-37(19)31-18-34(49(4)48-31)51-39(55)30-17-28-25(36(42(30,3)41(51)57)29-16-24(10-13-32(29)53)58-43(45,46)47)11-12-26-35(28)40(56)50(38(26)54)23-8-5-21(6-9-23)20(2)52/h5-11,13-16,18,26,28,30,35-36,53H,12,17H2,1-4H3. The third-order valence-corrected chi connectivity index (χ3v) is 14.1. The zero-order valence-electron chi connectivity index (χ0n) is 31.8. The summed E-state index contributed by atoms with van der Waals surface area (Å²) < 4.78 is 47.3. The molecular formula is C43H34ClF3N4O7S. The van der Waals surface area contributed by atoms with E-state index in [9.17, 15) is 37.5 Å². The lowest BCUT2D eigenvalue weighted by molar-refractivity contribution is -0.274. The molecular weight excluding hydrogens is 809 g/mol. The molecule has 3 aromatic carbocycles. The zero-order valence-corrected chi connectivity index (χ0v) is 33.4. The smallest absolute Gasteiger partial charge is 0.508 e. The summed E-state index contributed by atoms with van der Waals surface area (Å²) in [6, 6.07) is 16.2. The second-order valence-electron chi connectivity index (χ2n) is 15.8. The van der Waals surface area contributed by atoms with Crippen molar-refractivity contribution in [1.29, 1.82) is 0 Å². The second kappa shape index (κ2) is 13.4. The average Bonchev–Trinajstić information content (AvgIpc) is 3.85.